The Balaban J connectivity index is 1.61. The first-order chi connectivity index (χ1) is 22.8. The number of para-hydroxylation sites is 1. The van der Waals surface area contributed by atoms with Crippen molar-refractivity contribution in [2.75, 3.05) is 41.5 Å². The summed E-state index contributed by atoms with van der Waals surface area (Å²) in [7, 11) is 6.13. The number of methoxy groups -OCH3 is 4. The molecule has 4 aromatic carbocycles. The third-order valence-electron chi connectivity index (χ3n) is 9.02. The number of ether oxygens (including phenoxy) is 4. The molecule has 0 spiro atoms. The van der Waals surface area contributed by atoms with Crippen LogP contribution in [0.2, 0.25) is 0 Å². The van der Waals surface area contributed by atoms with Gasteiger partial charge in [-0.3, -0.25) is 14.5 Å². The zero-order chi connectivity index (χ0) is 33.5. The van der Waals surface area contributed by atoms with Crippen LogP contribution in [-0.4, -0.2) is 69.1 Å². The molecular weight excluding hydrogens is 601 g/mol. The first kappa shape index (κ1) is 33.6. The molecule has 4 aromatic rings. The highest BCUT2D eigenvalue weighted by Crippen LogP contribution is 2.45. The summed E-state index contributed by atoms with van der Waals surface area (Å²) in [5.74, 6) is -0.415. The molecule has 1 N–H and O–H groups in total. The van der Waals surface area contributed by atoms with Gasteiger partial charge in [0, 0.05) is 29.2 Å². The monoisotopic (exact) mass is 641 g/mol. The molecule has 0 aliphatic carbocycles. The van der Waals surface area contributed by atoms with E-state index in [1.807, 2.05) is 4.90 Å². The SMILES string of the molecule is COc1ccc(C(=O)[C@@H]2[C@@H](C(=O)c3ccc(OC)cc3)C([C@@H](O)c3cccc(OC)c3OC)CCN2CCc2ccc(F)cc2)cc1. The fourth-order valence-corrected chi connectivity index (χ4v) is 6.54. The number of piperidine rings is 1. The van der Waals surface area contributed by atoms with Gasteiger partial charge in [-0.05, 0) is 91.7 Å². The highest BCUT2D eigenvalue weighted by atomic mass is 19.1. The minimum atomic E-state index is -1.15. The summed E-state index contributed by atoms with van der Waals surface area (Å²) in [4.78, 5) is 31.3. The smallest absolute Gasteiger partial charge is 0.180 e. The Kier molecular flexibility index (Phi) is 10.9. The summed E-state index contributed by atoms with van der Waals surface area (Å²) in [5.41, 5.74) is 2.20. The van der Waals surface area contributed by atoms with E-state index in [1.54, 1.807) is 93.1 Å². The van der Waals surface area contributed by atoms with E-state index in [-0.39, 0.29) is 17.4 Å². The van der Waals surface area contributed by atoms with Crippen LogP contribution in [0.25, 0.3) is 0 Å². The minimum absolute atomic E-state index is 0.242. The molecule has 5 rings (SSSR count). The lowest BCUT2D eigenvalue weighted by Gasteiger charge is -2.46. The maximum atomic E-state index is 14.7. The number of likely N-dealkylation sites (tertiary alicyclic amines) is 1. The predicted molar refractivity (Wildman–Crippen MR) is 176 cm³/mol. The summed E-state index contributed by atoms with van der Waals surface area (Å²) >= 11 is 0. The van der Waals surface area contributed by atoms with Crippen molar-refractivity contribution in [3.8, 4) is 23.0 Å². The van der Waals surface area contributed by atoms with Crippen LogP contribution in [0.15, 0.2) is 91.0 Å². The number of ketones is 2. The number of rotatable bonds is 13. The summed E-state index contributed by atoms with van der Waals surface area (Å²) in [6.45, 7) is 0.879. The predicted octanol–water partition coefficient (Wildman–Crippen LogP) is 6.21. The highest BCUT2D eigenvalue weighted by molar-refractivity contribution is 6.07. The Morgan fingerprint density at radius 2 is 1.38 bits per heavy atom. The van der Waals surface area contributed by atoms with Crippen molar-refractivity contribution in [3.63, 3.8) is 0 Å². The van der Waals surface area contributed by atoms with Crippen LogP contribution in [0.4, 0.5) is 4.39 Å². The van der Waals surface area contributed by atoms with E-state index in [9.17, 15) is 19.1 Å². The van der Waals surface area contributed by atoms with Crippen molar-refractivity contribution in [3.05, 3.63) is 119 Å². The zero-order valence-electron chi connectivity index (χ0n) is 27.0. The molecule has 0 amide bonds. The molecule has 0 bridgehead atoms. The number of nitrogens with zero attached hydrogens (tertiary/aromatic N) is 1. The largest absolute Gasteiger partial charge is 0.497 e. The number of Topliss-reactive ketones (excluding diaryl/α,β-unsaturated/α-hetero) is 2. The van der Waals surface area contributed by atoms with Crippen LogP contribution in [0.3, 0.4) is 0 Å². The number of hydrogen-bond donors (Lipinski definition) is 1. The molecule has 1 aliphatic rings. The summed E-state index contributed by atoms with van der Waals surface area (Å²) in [6, 6.07) is 24.2. The Morgan fingerprint density at radius 3 is 1.94 bits per heavy atom. The molecule has 246 valence electrons. The molecule has 1 unspecified atom stereocenters. The number of hydrogen-bond acceptors (Lipinski definition) is 8. The number of benzene rings is 4. The van der Waals surface area contributed by atoms with Crippen molar-refractivity contribution < 1.29 is 38.0 Å². The molecular formula is C38H40FNO7. The van der Waals surface area contributed by atoms with Gasteiger partial charge in [0.05, 0.1) is 46.5 Å². The molecule has 1 aliphatic heterocycles. The van der Waals surface area contributed by atoms with Gasteiger partial charge in [-0.1, -0.05) is 24.3 Å². The van der Waals surface area contributed by atoms with Crippen LogP contribution in [0.1, 0.15) is 44.4 Å². The molecule has 1 saturated heterocycles. The fraction of sp³-hybridized carbons (Fsp3) is 0.316. The van der Waals surface area contributed by atoms with Gasteiger partial charge in [0.1, 0.15) is 17.3 Å². The standard InChI is InChI=1S/C38H40FNO7/c1-44-28-16-10-25(11-17-28)35(41)33-30(37(43)31-6-5-7-32(46-3)38(31)47-4)21-23-40(22-20-24-8-14-27(39)15-9-24)34(33)36(42)26-12-18-29(45-2)19-13-26/h5-19,30,33-34,37,43H,20-23H2,1-4H3/t30?,33-,34-,37+/m0/s1. The van der Waals surface area contributed by atoms with E-state index in [4.69, 9.17) is 18.9 Å². The molecule has 8 nitrogen and oxygen atoms in total. The van der Waals surface area contributed by atoms with Crippen molar-refractivity contribution in [1.82, 2.24) is 4.90 Å². The van der Waals surface area contributed by atoms with E-state index in [0.717, 1.165) is 5.56 Å². The lowest BCUT2D eigenvalue weighted by Crippen LogP contribution is -2.57. The van der Waals surface area contributed by atoms with Gasteiger partial charge in [-0.15, -0.1) is 0 Å². The second-order valence-corrected chi connectivity index (χ2v) is 11.5. The second kappa shape index (κ2) is 15.2. The third kappa shape index (κ3) is 7.32. The topological polar surface area (TPSA) is 94.5 Å². The fourth-order valence-electron chi connectivity index (χ4n) is 6.54. The van der Waals surface area contributed by atoms with E-state index in [2.05, 4.69) is 0 Å². The maximum absolute atomic E-state index is 14.7. The summed E-state index contributed by atoms with van der Waals surface area (Å²) < 4.78 is 35.5. The van der Waals surface area contributed by atoms with Crippen LogP contribution >= 0.6 is 0 Å². The summed E-state index contributed by atoms with van der Waals surface area (Å²) in [6.07, 6.45) is -0.200. The van der Waals surface area contributed by atoms with Crippen LogP contribution in [-0.2, 0) is 6.42 Å². The number of carbonyl (C=O) groups excluding carboxylic acids is 2. The Labute approximate surface area is 274 Å². The Morgan fingerprint density at radius 1 is 0.787 bits per heavy atom. The van der Waals surface area contributed by atoms with Gasteiger partial charge in [0.2, 0.25) is 0 Å². The van der Waals surface area contributed by atoms with Crippen LogP contribution in [0, 0.1) is 17.7 Å². The van der Waals surface area contributed by atoms with E-state index >= 15 is 0 Å². The van der Waals surface area contributed by atoms with Gasteiger partial charge in [-0.25, -0.2) is 4.39 Å². The first-order valence-corrected chi connectivity index (χ1v) is 15.5. The molecule has 4 atom stereocenters. The highest BCUT2D eigenvalue weighted by Gasteiger charge is 2.49. The Bertz CT molecular complexity index is 1660. The minimum Gasteiger partial charge on any atom is -0.497 e. The molecule has 1 fully saturated rings. The average molecular weight is 642 g/mol. The van der Waals surface area contributed by atoms with Crippen molar-refractivity contribution >= 4 is 11.6 Å². The lowest BCUT2D eigenvalue weighted by molar-refractivity contribution is -0.00793. The van der Waals surface area contributed by atoms with Gasteiger partial charge < -0.3 is 24.1 Å². The van der Waals surface area contributed by atoms with E-state index < -0.39 is 24.0 Å². The van der Waals surface area contributed by atoms with Gasteiger partial charge >= 0.3 is 0 Å². The van der Waals surface area contributed by atoms with Crippen molar-refractivity contribution in [2.24, 2.45) is 11.8 Å². The van der Waals surface area contributed by atoms with Crippen molar-refractivity contribution in [1.29, 1.82) is 0 Å². The third-order valence-corrected chi connectivity index (χ3v) is 9.02. The molecule has 1 heterocycles. The van der Waals surface area contributed by atoms with Gasteiger partial charge in [0.15, 0.2) is 23.1 Å². The second-order valence-electron chi connectivity index (χ2n) is 11.5. The summed E-state index contributed by atoms with van der Waals surface area (Å²) in [5, 5.41) is 12.1. The maximum Gasteiger partial charge on any atom is 0.180 e. The Hall–Kier alpha value is -4.73. The van der Waals surface area contributed by atoms with E-state index in [1.165, 1.54) is 26.4 Å². The lowest BCUT2D eigenvalue weighted by atomic mass is 9.69. The molecule has 0 aromatic heterocycles. The normalized spacial score (nSPS) is 18.6. The van der Waals surface area contributed by atoms with Gasteiger partial charge in [0.25, 0.3) is 0 Å². The number of aliphatic hydroxyl groups is 1. The zero-order valence-corrected chi connectivity index (χ0v) is 27.0. The van der Waals surface area contributed by atoms with E-state index in [0.29, 0.717) is 65.6 Å². The number of aliphatic hydroxyl groups excluding tert-OH is 1. The van der Waals surface area contributed by atoms with Gasteiger partial charge in [-0.2, -0.15) is 0 Å². The van der Waals surface area contributed by atoms with Crippen LogP contribution < -0.4 is 18.9 Å². The number of carbonyl (C=O) groups is 2. The quantitative estimate of drug-likeness (QED) is 0.172. The number of halogens is 1. The van der Waals surface area contributed by atoms with Crippen LogP contribution in [0.5, 0.6) is 23.0 Å². The molecule has 0 saturated carbocycles. The van der Waals surface area contributed by atoms with Crippen molar-refractivity contribution in [2.45, 2.75) is 25.0 Å². The first-order valence-electron chi connectivity index (χ1n) is 15.5. The molecule has 47 heavy (non-hydrogen) atoms. The molecule has 0 radical (unpaired) electrons. The molecule has 9 heteroatoms. The average Bonchev–Trinajstić information content (AvgIpc) is 3.12.